The first-order chi connectivity index (χ1) is 7.95. The third kappa shape index (κ3) is 1.77. The van der Waals surface area contributed by atoms with Crippen LogP contribution in [0.4, 0.5) is 0 Å². The van der Waals surface area contributed by atoms with Crippen LogP contribution < -0.4 is 0 Å². The van der Waals surface area contributed by atoms with Crippen molar-refractivity contribution in [2.24, 2.45) is 0 Å². The molecule has 1 aromatic rings. The Labute approximate surface area is 97.4 Å². The number of aromatic nitrogens is 2. The minimum Gasteiger partial charge on any atom is -0.480 e. The van der Waals surface area contributed by atoms with Crippen LogP contribution in [0.5, 0.6) is 0 Å². The van der Waals surface area contributed by atoms with Gasteiger partial charge in [0.05, 0.1) is 0 Å². The molecular formula is C10H13N3O4. The number of nitrogens with zero attached hydrogens (tertiary/aromatic N) is 3. The molecular weight excluding hydrogens is 226 g/mol. The lowest BCUT2D eigenvalue weighted by atomic mass is 9.99. The molecule has 7 heteroatoms. The van der Waals surface area contributed by atoms with Gasteiger partial charge in [-0.2, -0.15) is 4.98 Å². The van der Waals surface area contributed by atoms with Gasteiger partial charge < -0.3 is 14.5 Å². The van der Waals surface area contributed by atoms with Crippen molar-refractivity contribution in [2.45, 2.75) is 32.2 Å². The Morgan fingerprint density at radius 2 is 2.24 bits per heavy atom. The van der Waals surface area contributed by atoms with E-state index in [1.807, 2.05) is 0 Å². The van der Waals surface area contributed by atoms with Crippen LogP contribution in [0.2, 0.25) is 0 Å². The average molecular weight is 239 g/mol. The summed E-state index contributed by atoms with van der Waals surface area (Å²) in [5.41, 5.74) is -1.17. The number of aliphatic carboxylic acids is 1. The zero-order valence-corrected chi connectivity index (χ0v) is 9.63. The Bertz CT molecular complexity index is 470. The lowest BCUT2D eigenvalue weighted by molar-refractivity contribution is -0.147. The predicted octanol–water partition coefficient (Wildman–Crippen LogP) is 0.457. The zero-order chi connectivity index (χ0) is 12.6. The van der Waals surface area contributed by atoms with Gasteiger partial charge in [-0.1, -0.05) is 5.16 Å². The van der Waals surface area contributed by atoms with E-state index in [-0.39, 0.29) is 11.7 Å². The number of amides is 1. The van der Waals surface area contributed by atoms with E-state index in [1.165, 1.54) is 11.8 Å². The van der Waals surface area contributed by atoms with E-state index in [9.17, 15) is 14.7 Å². The van der Waals surface area contributed by atoms with Crippen molar-refractivity contribution in [1.29, 1.82) is 0 Å². The molecule has 17 heavy (non-hydrogen) atoms. The highest BCUT2D eigenvalue weighted by molar-refractivity contribution is 5.95. The Hall–Kier alpha value is -1.92. The zero-order valence-electron chi connectivity index (χ0n) is 9.63. The molecule has 0 aliphatic carbocycles. The molecule has 2 rings (SSSR count). The van der Waals surface area contributed by atoms with Crippen LogP contribution in [0.25, 0.3) is 0 Å². The van der Waals surface area contributed by atoms with Crippen LogP contribution in [0.3, 0.4) is 0 Å². The highest BCUT2D eigenvalue weighted by Crippen LogP contribution is 2.30. The van der Waals surface area contributed by atoms with E-state index in [0.717, 1.165) is 0 Å². The van der Waals surface area contributed by atoms with E-state index in [4.69, 9.17) is 4.52 Å². The normalized spacial score (nSPS) is 24.0. The van der Waals surface area contributed by atoms with Crippen LogP contribution in [0.15, 0.2) is 4.52 Å². The second-order valence-electron chi connectivity index (χ2n) is 4.28. The maximum atomic E-state index is 12.1. The summed E-state index contributed by atoms with van der Waals surface area (Å²) in [6.45, 7) is 3.51. The fourth-order valence-corrected chi connectivity index (χ4v) is 2.02. The van der Waals surface area contributed by atoms with Crippen LogP contribution in [-0.4, -0.2) is 44.1 Å². The van der Waals surface area contributed by atoms with Gasteiger partial charge >= 0.3 is 5.97 Å². The molecule has 0 spiro atoms. The van der Waals surface area contributed by atoms with Crippen molar-refractivity contribution in [1.82, 2.24) is 15.0 Å². The summed E-state index contributed by atoms with van der Waals surface area (Å²) >= 11 is 0. The number of aryl methyl sites for hydroxylation is 1. The van der Waals surface area contributed by atoms with Crippen LogP contribution in [-0.2, 0) is 4.79 Å². The third-order valence-corrected chi connectivity index (χ3v) is 3.07. The maximum Gasteiger partial charge on any atom is 0.329 e. The third-order valence-electron chi connectivity index (χ3n) is 3.07. The van der Waals surface area contributed by atoms with Crippen molar-refractivity contribution in [3.63, 3.8) is 0 Å². The molecule has 1 N–H and O–H groups in total. The number of carboxylic acid groups (broad SMARTS) is 1. The number of likely N-dealkylation sites (tertiary alicyclic amines) is 1. The van der Waals surface area contributed by atoms with Crippen molar-refractivity contribution >= 4 is 11.9 Å². The minimum absolute atomic E-state index is 0.0862. The lowest BCUT2D eigenvalue weighted by Crippen LogP contribution is -2.51. The van der Waals surface area contributed by atoms with Crippen molar-refractivity contribution < 1.29 is 19.2 Å². The molecule has 1 atom stereocenters. The molecule has 1 fully saturated rings. The van der Waals surface area contributed by atoms with E-state index in [2.05, 4.69) is 10.1 Å². The Morgan fingerprint density at radius 1 is 1.53 bits per heavy atom. The summed E-state index contributed by atoms with van der Waals surface area (Å²) in [5.74, 6) is -1.31. The van der Waals surface area contributed by atoms with Crippen LogP contribution in [0.1, 0.15) is 36.3 Å². The Kier molecular flexibility index (Phi) is 2.60. The van der Waals surface area contributed by atoms with Gasteiger partial charge in [0, 0.05) is 13.5 Å². The van der Waals surface area contributed by atoms with Gasteiger partial charge in [-0.25, -0.2) is 4.79 Å². The summed E-state index contributed by atoms with van der Waals surface area (Å²) in [5, 5.41) is 12.7. The van der Waals surface area contributed by atoms with Gasteiger partial charge in [0.15, 0.2) is 0 Å². The minimum atomic E-state index is -1.17. The number of carbonyl (C=O) groups is 2. The van der Waals surface area contributed by atoms with Crippen molar-refractivity contribution in [3.05, 3.63) is 11.7 Å². The Balaban J connectivity index is 2.28. The number of carbonyl (C=O) groups excluding carboxylic acids is 1. The topological polar surface area (TPSA) is 96.5 Å². The highest BCUT2D eigenvalue weighted by atomic mass is 16.5. The van der Waals surface area contributed by atoms with Gasteiger partial charge in [0.1, 0.15) is 5.54 Å². The first-order valence-electron chi connectivity index (χ1n) is 5.31. The van der Waals surface area contributed by atoms with E-state index in [0.29, 0.717) is 19.4 Å². The lowest BCUT2D eigenvalue weighted by Gasteiger charge is -2.29. The first kappa shape index (κ1) is 11.6. The quantitative estimate of drug-likeness (QED) is 0.805. The standard InChI is InChI=1S/C10H13N3O4/c1-6-11-7(12-17-6)8(14)13-5-3-4-10(13,2)9(15)16/h3-5H2,1-2H3,(H,15,16). The maximum absolute atomic E-state index is 12.1. The Morgan fingerprint density at radius 3 is 2.76 bits per heavy atom. The molecule has 0 aromatic carbocycles. The van der Waals surface area contributed by atoms with Gasteiger partial charge in [0.2, 0.25) is 5.89 Å². The molecule has 2 heterocycles. The first-order valence-corrected chi connectivity index (χ1v) is 5.31. The summed E-state index contributed by atoms with van der Waals surface area (Å²) in [6.07, 6.45) is 1.09. The fraction of sp³-hybridized carbons (Fsp3) is 0.600. The molecule has 1 aromatic heterocycles. The SMILES string of the molecule is Cc1nc(C(=O)N2CCCC2(C)C(=O)O)no1. The number of carboxylic acids is 1. The van der Waals surface area contributed by atoms with Gasteiger partial charge in [0.25, 0.3) is 11.7 Å². The molecule has 0 saturated carbocycles. The molecule has 1 saturated heterocycles. The summed E-state index contributed by atoms with van der Waals surface area (Å²) < 4.78 is 4.72. The van der Waals surface area contributed by atoms with E-state index in [1.54, 1.807) is 6.92 Å². The summed E-state index contributed by atoms with van der Waals surface area (Å²) in [6, 6.07) is 0. The van der Waals surface area contributed by atoms with Crippen LogP contribution in [0, 0.1) is 6.92 Å². The molecule has 92 valence electrons. The highest BCUT2D eigenvalue weighted by Gasteiger charge is 2.47. The van der Waals surface area contributed by atoms with Crippen molar-refractivity contribution in [3.8, 4) is 0 Å². The molecule has 1 unspecified atom stereocenters. The molecule has 1 aliphatic heterocycles. The van der Waals surface area contributed by atoms with Crippen molar-refractivity contribution in [2.75, 3.05) is 6.54 Å². The summed E-state index contributed by atoms with van der Waals surface area (Å²) in [4.78, 5) is 28.4. The number of hydrogen-bond acceptors (Lipinski definition) is 5. The van der Waals surface area contributed by atoms with E-state index < -0.39 is 17.4 Å². The molecule has 0 bridgehead atoms. The predicted molar refractivity (Wildman–Crippen MR) is 55.3 cm³/mol. The second-order valence-corrected chi connectivity index (χ2v) is 4.28. The summed E-state index contributed by atoms with van der Waals surface area (Å²) in [7, 11) is 0. The van der Waals surface area contributed by atoms with Gasteiger partial charge in [-0.05, 0) is 19.8 Å². The fourth-order valence-electron chi connectivity index (χ4n) is 2.02. The number of rotatable bonds is 2. The molecule has 1 amide bonds. The molecule has 7 nitrogen and oxygen atoms in total. The largest absolute Gasteiger partial charge is 0.480 e. The number of hydrogen-bond donors (Lipinski definition) is 1. The van der Waals surface area contributed by atoms with Crippen LogP contribution >= 0.6 is 0 Å². The van der Waals surface area contributed by atoms with Gasteiger partial charge in [-0.3, -0.25) is 4.79 Å². The second kappa shape index (κ2) is 3.83. The van der Waals surface area contributed by atoms with Gasteiger partial charge in [-0.15, -0.1) is 0 Å². The smallest absolute Gasteiger partial charge is 0.329 e. The van der Waals surface area contributed by atoms with E-state index >= 15 is 0 Å². The molecule has 1 aliphatic rings. The monoisotopic (exact) mass is 239 g/mol. The average Bonchev–Trinajstić information content (AvgIpc) is 2.85. The molecule has 0 radical (unpaired) electrons.